The Bertz CT molecular complexity index is 604. The number of rotatable bonds is 5. The average Bonchev–Trinajstić information content (AvgIpc) is 2.44. The van der Waals surface area contributed by atoms with Crippen LogP contribution in [-0.4, -0.2) is 10.7 Å². The Balaban J connectivity index is 2.45. The second kappa shape index (κ2) is 7.34. The molecule has 5 heteroatoms. The molecule has 0 fully saturated rings. The molecule has 0 bridgehead atoms. The Hall–Kier alpha value is -0.260. The number of hydrogen-bond acceptors (Lipinski definition) is 0. The summed E-state index contributed by atoms with van der Waals surface area (Å²) in [6.45, 7) is 0. The topological polar surface area (TPSA) is 0 Å². The molecule has 2 aromatic rings. The lowest BCUT2D eigenvalue weighted by atomic mass is 9.79. The van der Waals surface area contributed by atoms with E-state index < -0.39 is 11.6 Å². The van der Waals surface area contributed by atoms with E-state index in [-0.39, 0.29) is 5.41 Å². The van der Waals surface area contributed by atoms with Crippen LogP contribution in [-0.2, 0) is 11.8 Å². The number of hydrogen-bond donors (Lipinski definition) is 0. The fourth-order valence-electron chi connectivity index (χ4n) is 2.36. The zero-order chi connectivity index (χ0) is 15.5. The molecule has 2 rings (SSSR count). The molecular weight excluding hydrogens is 470 g/mol. The molecule has 0 aliphatic carbocycles. The van der Waals surface area contributed by atoms with E-state index >= 15 is 0 Å². The van der Waals surface area contributed by atoms with E-state index in [1.807, 2.05) is 24.3 Å². The van der Waals surface area contributed by atoms with Gasteiger partial charge in [-0.05, 0) is 35.7 Å². The third-order valence-corrected chi connectivity index (χ3v) is 6.26. The predicted octanol–water partition coefficient (Wildman–Crippen LogP) is 6.00. The number of alkyl halides is 2. The minimum Gasteiger partial charge on any atom is -0.207 e. The van der Waals surface area contributed by atoms with Crippen molar-refractivity contribution in [3.63, 3.8) is 0 Å². The first-order chi connectivity index (χ1) is 10.0. The Kier molecular flexibility index (Phi) is 5.97. The van der Waals surface area contributed by atoms with Gasteiger partial charge in [0.1, 0.15) is 11.6 Å². The molecule has 0 aromatic heterocycles. The first kappa shape index (κ1) is 17.1. The van der Waals surface area contributed by atoms with E-state index in [9.17, 15) is 8.78 Å². The number of halogens is 5. The first-order valence-corrected chi connectivity index (χ1v) is 9.36. The summed E-state index contributed by atoms with van der Waals surface area (Å²) in [5, 5.41) is 1.35. The van der Waals surface area contributed by atoms with Gasteiger partial charge in [-0.15, -0.1) is 0 Å². The standard InChI is InChI=1S/C16H13Br3F2/c17-9-16(10-18,14-3-1-2-4-15(14)19)8-11-5-12(20)7-13(21)6-11/h1-7H,8-10H2. The molecule has 0 saturated heterocycles. The summed E-state index contributed by atoms with van der Waals surface area (Å²) in [6.07, 6.45) is 0.529. The quantitative estimate of drug-likeness (QED) is 0.459. The lowest BCUT2D eigenvalue weighted by Crippen LogP contribution is -2.33. The van der Waals surface area contributed by atoms with Crippen molar-refractivity contribution < 1.29 is 8.78 Å². The maximum Gasteiger partial charge on any atom is 0.126 e. The third-order valence-electron chi connectivity index (χ3n) is 3.42. The molecule has 0 unspecified atom stereocenters. The maximum absolute atomic E-state index is 13.4. The van der Waals surface area contributed by atoms with Crippen molar-refractivity contribution in [3.05, 3.63) is 69.7 Å². The third kappa shape index (κ3) is 3.93. The van der Waals surface area contributed by atoms with Gasteiger partial charge in [0, 0.05) is 26.6 Å². The van der Waals surface area contributed by atoms with Gasteiger partial charge in [0.05, 0.1) is 0 Å². The molecule has 0 heterocycles. The Morgan fingerprint density at radius 1 is 0.905 bits per heavy atom. The van der Waals surface area contributed by atoms with Crippen molar-refractivity contribution in [2.75, 3.05) is 10.7 Å². The summed E-state index contributed by atoms with van der Waals surface area (Å²) in [7, 11) is 0. The van der Waals surface area contributed by atoms with Crippen LogP contribution >= 0.6 is 47.8 Å². The zero-order valence-electron chi connectivity index (χ0n) is 11.1. The van der Waals surface area contributed by atoms with Gasteiger partial charge in [0.2, 0.25) is 0 Å². The highest BCUT2D eigenvalue weighted by Gasteiger charge is 2.32. The molecule has 0 saturated carbocycles. The smallest absolute Gasteiger partial charge is 0.126 e. The molecule has 112 valence electrons. The van der Waals surface area contributed by atoms with Crippen molar-refractivity contribution >= 4 is 47.8 Å². The van der Waals surface area contributed by atoms with E-state index in [1.165, 1.54) is 12.1 Å². The van der Waals surface area contributed by atoms with Gasteiger partial charge in [-0.25, -0.2) is 8.78 Å². The molecular formula is C16H13Br3F2. The average molecular weight is 483 g/mol. The number of benzene rings is 2. The lowest BCUT2D eigenvalue weighted by molar-refractivity contribution is 0.535. The van der Waals surface area contributed by atoms with E-state index in [2.05, 4.69) is 47.8 Å². The van der Waals surface area contributed by atoms with Gasteiger partial charge >= 0.3 is 0 Å². The Labute approximate surface area is 148 Å². The van der Waals surface area contributed by atoms with Crippen molar-refractivity contribution in [1.29, 1.82) is 0 Å². The lowest BCUT2D eigenvalue weighted by Gasteiger charge is -2.32. The Morgan fingerprint density at radius 2 is 1.48 bits per heavy atom. The van der Waals surface area contributed by atoms with Crippen LogP contribution in [0, 0.1) is 11.6 Å². The fourth-order valence-corrected chi connectivity index (χ4v) is 5.00. The summed E-state index contributed by atoms with van der Waals surface area (Å²) < 4.78 is 27.8. The van der Waals surface area contributed by atoms with Crippen LogP contribution in [0.15, 0.2) is 46.9 Å². The summed E-state index contributed by atoms with van der Waals surface area (Å²) in [5.41, 5.74) is 1.45. The van der Waals surface area contributed by atoms with Gasteiger partial charge < -0.3 is 0 Å². The summed E-state index contributed by atoms with van der Waals surface area (Å²) in [6, 6.07) is 11.6. The van der Waals surface area contributed by atoms with Gasteiger partial charge in [-0.1, -0.05) is 66.0 Å². The maximum atomic E-state index is 13.4. The monoisotopic (exact) mass is 480 g/mol. The van der Waals surface area contributed by atoms with Crippen LogP contribution in [0.1, 0.15) is 11.1 Å². The van der Waals surface area contributed by atoms with Crippen LogP contribution in [0.2, 0.25) is 0 Å². The predicted molar refractivity (Wildman–Crippen MR) is 93.5 cm³/mol. The van der Waals surface area contributed by atoms with Crippen LogP contribution in [0.3, 0.4) is 0 Å². The summed E-state index contributed by atoms with van der Waals surface area (Å²) in [4.78, 5) is 0. The molecule has 0 aliphatic heterocycles. The zero-order valence-corrected chi connectivity index (χ0v) is 15.8. The van der Waals surface area contributed by atoms with Crippen LogP contribution in [0.4, 0.5) is 8.78 Å². The molecule has 0 amide bonds. The van der Waals surface area contributed by atoms with Gasteiger partial charge in [0.15, 0.2) is 0 Å². The van der Waals surface area contributed by atoms with Crippen LogP contribution < -0.4 is 0 Å². The molecule has 0 radical (unpaired) electrons. The van der Waals surface area contributed by atoms with Gasteiger partial charge in [-0.2, -0.15) is 0 Å². The van der Waals surface area contributed by atoms with Crippen molar-refractivity contribution in [3.8, 4) is 0 Å². The molecule has 0 nitrogen and oxygen atoms in total. The second-order valence-electron chi connectivity index (χ2n) is 4.98. The van der Waals surface area contributed by atoms with Crippen molar-refractivity contribution in [2.45, 2.75) is 11.8 Å². The highest BCUT2D eigenvalue weighted by molar-refractivity contribution is 9.10. The van der Waals surface area contributed by atoms with Gasteiger partial charge in [-0.3, -0.25) is 0 Å². The highest BCUT2D eigenvalue weighted by atomic mass is 79.9. The van der Waals surface area contributed by atoms with Gasteiger partial charge in [0.25, 0.3) is 0 Å². The minimum absolute atomic E-state index is 0.291. The van der Waals surface area contributed by atoms with Crippen LogP contribution in [0.25, 0.3) is 0 Å². The molecule has 0 atom stereocenters. The second-order valence-corrected chi connectivity index (χ2v) is 6.96. The van der Waals surface area contributed by atoms with E-state index in [4.69, 9.17) is 0 Å². The summed E-state index contributed by atoms with van der Waals surface area (Å²) in [5.74, 6) is -1.09. The summed E-state index contributed by atoms with van der Waals surface area (Å²) >= 11 is 10.7. The normalized spacial score (nSPS) is 11.7. The van der Waals surface area contributed by atoms with Crippen molar-refractivity contribution in [1.82, 2.24) is 0 Å². The first-order valence-electron chi connectivity index (χ1n) is 6.33. The Morgan fingerprint density at radius 3 is 2.00 bits per heavy atom. The van der Waals surface area contributed by atoms with E-state index in [0.29, 0.717) is 22.6 Å². The minimum atomic E-state index is -0.546. The van der Waals surface area contributed by atoms with E-state index in [1.54, 1.807) is 0 Å². The molecule has 0 spiro atoms. The largest absolute Gasteiger partial charge is 0.207 e. The van der Waals surface area contributed by atoms with E-state index in [0.717, 1.165) is 16.1 Å². The molecule has 2 aromatic carbocycles. The SMILES string of the molecule is Fc1cc(F)cc(CC(CBr)(CBr)c2ccccc2Br)c1. The fraction of sp³-hybridized carbons (Fsp3) is 0.250. The molecule has 21 heavy (non-hydrogen) atoms. The van der Waals surface area contributed by atoms with Crippen molar-refractivity contribution in [2.24, 2.45) is 0 Å². The van der Waals surface area contributed by atoms with Crippen LogP contribution in [0.5, 0.6) is 0 Å². The molecule has 0 N–H and O–H groups in total. The highest BCUT2D eigenvalue weighted by Crippen LogP contribution is 2.37. The molecule has 0 aliphatic rings.